The molecular formula is C46H28N2S. The van der Waals surface area contributed by atoms with Gasteiger partial charge in [0.25, 0.3) is 0 Å². The van der Waals surface area contributed by atoms with Crippen LogP contribution in [0, 0.1) is 0 Å². The highest BCUT2D eigenvalue weighted by Gasteiger charge is 2.29. The molecule has 0 atom stereocenters. The Morgan fingerprint density at radius 3 is 1.98 bits per heavy atom. The number of benzene rings is 8. The lowest BCUT2D eigenvalue weighted by Crippen LogP contribution is -2.18. The van der Waals surface area contributed by atoms with Crippen LogP contribution in [0.15, 0.2) is 170 Å². The van der Waals surface area contributed by atoms with Gasteiger partial charge in [-0.15, -0.1) is 11.3 Å². The zero-order chi connectivity index (χ0) is 32.1. The number of hydrogen-bond acceptors (Lipinski definition) is 2. The van der Waals surface area contributed by atoms with E-state index < -0.39 is 0 Å². The second-order valence-electron chi connectivity index (χ2n) is 12.9. The zero-order valence-corrected chi connectivity index (χ0v) is 27.3. The van der Waals surface area contributed by atoms with Crippen molar-refractivity contribution < 1.29 is 0 Å². The van der Waals surface area contributed by atoms with Crippen molar-refractivity contribution in [2.24, 2.45) is 0 Å². The van der Waals surface area contributed by atoms with Crippen molar-refractivity contribution in [1.29, 1.82) is 0 Å². The number of para-hydroxylation sites is 3. The van der Waals surface area contributed by atoms with Crippen LogP contribution in [0.1, 0.15) is 0 Å². The van der Waals surface area contributed by atoms with Gasteiger partial charge in [0.05, 0.1) is 38.5 Å². The van der Waals surface area contributed by atoms with Crippen LogP contribution in [0.2, 0.25) is 0 Å². The number of anilines is 3. The molecule has 3 heteroatoms. The van der Waals surface area contributed by atoms with Crippen molar-refractivity contribution in [2.75, 3.05) is 4.90 Å². The number of hydrogen-bond donors (Lipinski definition) is 0. The van der Waals surface area contributed by atoms with Crippen LogP contribution in [-0.2, 0) is 0 Å². The Morgan fingerprint density at radius 2 is 1.04 bits per heavy atom. The van der Waals surface area contributed by atoms with Crippen LogP contribution < -0.4 is 4.90 Å². The zero-order valence-electron chi connectivity index (χ0n) is 26.5. The lowest BCUT2D eigenvalue weighted by atomic mass is 9.95. The lowest BCUT2D eigenvalue weighted by Gasteiger charge is -2.33. The minimum Gasteiger partial charge on any atom is -0.305 e. The molecule has 8 aromatic carbocycles. The normalized spacial score (nSPS) is 12.4. The molecule has 0 saturated heterocycles. The Labute approximate surface area is 287 Å². The Balaban J connectivity index is 1.13. The second-order valence-corrected chi connectivity index (χ2v) is 14.0. The summed E-state index contributed by atoms with van der Waals surface area (Å²) in [5, 5.41) is 7.70. The van der Waals surface area contributed by atoms with E-state index in [1.54, 1.807) is 0 Å². The van der Waals surface area contributed by atoms with Gasteiger partial charge in [0.2, 0.25) is 0 Å². The van der Waals surface area contributed by atoms with E-state index in [1.807, 2.05) is 11.3 Å². The molecule has 0 spiro atoms. The molecule has 11 rings (SSSR count). The van der Waals surface area contributed by atoms with Crippen molar-refractivity contribution >= 4 is 81.1 Å². The van der Waals surface area contributed by atoms with Crippen LogP contribution in [0.5, 0.6) is 0 Å². The third-order valence-electron chi connectivity index (χ3n) is 10.3. The summed E-state index contributed by atoms with van der Waals surface area (Å²) < 4.78 is 5.11. The fourth-order valence-electron chi connectivity index (χ4n) is 8.14. The quantitative estimate of drug-likeness (QED) is 0.187. The molecule has 0 bridgehead atoms. The number of nitrogens with zero attached hydrogens (tertiary/aromatic N) is 2. The van der Waals surface area contributed by atoms with Gasteiger partial charge in [0.15, 0.2) is 0 Å². The molecule has 0 N–H and O–H groups in total. The first kappa shape index (κ1) is 26.9. The molecule has 0 radical (unpaired) electrons. The Kier molecular flexibility index (Phi) is 5.57. The second kappa shape index (κ2) is 10.2. The molecule has 2 nitrogen and oxygen atoms in total. The van der Waals surface area contributed by atoms with E-state index in [2.05, 4.69) is 179 Å². The minimum absolute atomic E-state index is 1.19. The lowest BCUT2D eigenvalue weighted by molar-refractivity contribution is 1.12. The first-order chi connectivity index (χ1) is 24.3. The van der Waals surface area contributed by atoms with Crippen LogP contribution in [0.25, 0.3) is 80.7 Å². The van der Waals surface area contributed by atoms with E-state index in [4.69, 9.17) is 0 Å². The maximum Gasteiger partial charge on any atom is 0.0783 e. The molecule has 0 unspecified atom stereocenters. The van der Waals surface area contributed by atoms with Crippen molar-refractivity contribution in [3.63, 3.8) is 0 Å². The van der Waals surface area contributed by atoms with E-state index >= 15 is 0 Å². The summed E-state index contributed by atoms with van der Waals surface area (Å²) in [7, 11) is 0. The van der Waals surface area contributed by atoms with Crippen LogP contribution in [0.3, 0.4) is 0 Å². The number of aromatic nitrogens is 1. The Hall–Kier alpha value is -6.16. The van der Waals surface area contributed by atoms with Gasteiger partial charge in [0, 0.05) is 26.2 Å². The summed E-state index contributed by atoms with van der Waals surface area (Å²) in [6.45, 7) is 0. The first-order valence-electron chi connectivity index (χ1n) is 16.8. The van der Waals surface area contributed by atoms with Gasteiger partial charge >= 0.3 is 0 Å². The standard InChI is InChI=1S/C46H28N2S/c1-2-15-33-29(11-1)12-8-17-34(33)32-14-7-13-30(27-32)31-25-26-39-38(28-31)36-18-9-22-42-45(36)48(39)41-21-5-4-20-40(41)47(42)43-23-10-19-37-35-16-3-6-24-44(35)49-46(37)43/h1-28H. The molecule has 0 aliphatic carbocycles. The van der Waals surface area contributed by atoms with E-state index in [0.29, 0.717) is 0 Å². The summed E-state index contributed by atoms with van der Waals surface area (Å²) in [5.41, 5.74) is 12.2. The van der Waals surface area contributed by atoms with E-state index in [0.717, 1.165) is 0 Å². The minimum atomic E-state index is 1.19. The highest BCUT2D eigenvalue weighted by atomic mass is 32.1. The van der Waals surface area contributed by atoms with Crippen molar-refractivity contribution in [3.8, 4) is 27.9 Å². The Morgan fingerprint density at radius 1 is 0.388 bits per heavy atom. The third-order valence-corrected chi connectivity index (χ3v) is 11.5. The molecule has 10 aromatic rings. The summed E-state index contributed by atoms with van der Waals surface area (Å²) in [6, 6.07) is 62.4. The first-order valence-corrected chi connectivity index (χ1v) is 17.6. The smallest absolute Gasteiger partial charge is 0.0783 e. The van der Waals surface area contributed by atoms with Crippen LogP contribution >= 0.6 is 11.3 Å². The van der Waals surface area contributed by atoms with Gasteiger partial charge in [-0.2, -0.15) is 0 Å². The molecule has 0 amide bonds. The van der Waals surface area contributed by atoms with Gasteiger partial charge < -0.3 is 9.47 Å². The molecule has 1 aliphatic heterocycles. The monoisotopic (exact) mass is 640 g/mol. The average Bonchev–Trinajstić information content (AvgIpc) is 3.72. The van der Waals surface area contributed by atoms with Crippen molar-refractivity contribution in [1.82, 2.24) is 4.57 Å². The van der Waals surface area contributed by atoms with Gasteiger partial charge in [0.1, 0.15) is 0 Å². The molecule has 0 fully saturated rings. The maximum atomic E-state index is 2.49. The SMILES string of the molecule is c1cc(-c2ccc3c(c2)c2cccc4c2n3-c2ccccc2N4c2cccc3c2sc2ccccc23)cc(-c2cccc3ccccc23)c1. The summed E-state index contributed by atoms with van der Waals surface area (Å²) in [5.74, 6) is 0. The summed E-state index contributed by atoms with van der Waals surface area (Å²) in [6.07, 6.45) is 0. The molecular weight excluding hydrogens is 613 g/mol. The number of rotatable bonds is 3. The Bertz CT molecular complexity index is 2960. The van der Waals surface area contributed by atoms with E-state index in [1.165, 1.54) is 97.8 Å². The fourth-order valence-corrected chi connectivity index (χ4v) is 9.35. The van der Waals surface area contributed by atoms with Crippen molar-refractivity contribution in [3.05, 3.63) is 170 Å². The average molecular weight is 641 g/mol. The number of thiophene rings is 1. The van der Waals surface area contributed by atoms with Gasteiger partial charge in [-0.05, 0) is 81.6 Å². The highest BCUT2D eigenvalue weighted by molar-refractivity contribution is 7.26. The summed E-state index contributed by atoms with van der Waals surface area (Å²) >= 11 is 1.88. The molecule has 49 heavy (non-hydrogen) atoms. The van der Waals surface area contributed by atoms with Gasteiger partial charge in [-0.3, -0.25) is 0 Å². The molecule has 228 valence electrons. The van der Waals surface area contributed by atoms with Gasteiger partial charge in [-0.25, -0.2) is 0 Å². The summed E-state index contributed by atoms with van der Waals surface area (Å²) in [4.78, 5) is 2.49. The largest absolute Gasteiger partial charge is 0.305 e. The maximum absolute atomic E-state index is 2.49. The topological polar surface area (TPSA) is 8.17 Å². The van der Waals surface area contributed by atoms with Crippen molar-refractivity contribution in [2.45, 2.75) is 0 Å². The molecule has 0 saturated carbocycles. The van der Waals surface area contributed by atoms with E-state index in [9.17, 15) is 0 Å². The molecule has 1 aliphatic rings. The van der Waals surface area contributed by atoms with Crippen LogP contribution in [0.4, 0.5) is 17.1 Å². The highest BCUT2D eigenvalue weighted by Crippen LogP contribution is 2.52. The van der Waals surface area contributed by atoms with Gasteiger partial charge in [-0.1, -0.05) is 121 Å². The van der Waals surface area contributed by atoms with Crippen LogP contribution in [-0.4, -0.2) is 4.57 Å². The third kappa shape index (κ3) is 3.82. The molecule has 3 heterocycles. The van der Waals surface area contributed by atoms with E-state index in [-0.39, 0.29) is 0 Å². The fraction of sp³-hybridized carbons (Fsp3) is 0. The molecule has 2 aromatic heterocycles. The predicted octanol–water partition coefficient (Wildman–Crippen LogP) is 13.4. The number of fused-ring (bicyclic) bond motifs is 9. The predicted molar refractivity (Wildman–Crippen MR) is 210 cm³/mol.